The van der Waals surface area contributed by atoms with Crippen LogP contribution >= 0.6 is 0 Å². The van der Waals surface area contributed by atoms with Crippen LogP contribution in [0.3, 0.4) is 0 Å². The van der Waals surface area contributed by atoms with E-state index >= 15 is 0 Å². The second kappa shape index (κ2) is 3.91. The summed E-state index contributed by atoms with van der Waals surface area (Å²) in [7, 11) is 0. The quantitative estimate of drug-likeness (QED) is 0.780. The summed E-state index contributed by atoms with van der Waals surface area (Å²) in [6.45, 7) is 9.43. The van der Waals surface area contributed by atoms with Crippen molar-refractivity contribution < 1.29 is 0 Å². The molecule has 1 aromatic rings. The number of nitrogens with two attached hydrogens (primary N) is 1. The molecule has 2 nitrogen and oxygen atoms in total. The molecule has 0 saturated heterocycles. The number of hydrogen-bond acceptors (Lipinski definition) is 2. The SMILES string of the molecule is Cc1c(N)cccc1NC1C2(C)CCC(C2)C1(C)C. The zero-order valence-corrected chi connectivity index (χ0v) is 12.6. The molecule has 0 heterocycles. The first-order valence-electron chi connectivity index (χ1n) is 7.46. The first-order valence-corrected chi connectivity index (χ1v) is 7.46. The standard InChI is InChI=1S/C17H26N2/c1-11-13(18)6-5-7-14(11)19-15-16(2,3)12-8-9-17(15,4)10-12/h5-7,12,15,19H,8-10,18H2,1-4H3. The molecule has 19 heavy (non-hydrogen) atoms. The predicted octanol–water partition coefficient (Wildman–Crippen LogP) is 4.20. The van der Waals surface area contributed by atoms with Crippen molar-refractivity contribution in [2.45, 2.75) is 53.0 Å². The van der Waals surface area contributed by atoms with Crippen molar-refractivity contribution >= 4 is 11.4 Å². The molecule has 2 aliphatic rings. The molecule has 0 radical (unpaired) electrons. The van der Waals surface area contributed by atoms with Gasteiger partial charge in [-0.05, 0) is 60.6 Å². The van der Waals surface area contributed by atoms with Crippen molar-refractivity contribution in [1.29, 1.82) is 0 Å². The van der Waals surface area contributed by atoms with Crippen LogP contribution in [0.2, 0.25) is 0 Å². The van der Waals surface area contributed by atoms with Gasteiger partial charge in [0.15, 0.2) is 0 Å². The Hall–Kier alpha value is -1.18. The fourth-order valence-corrected chi connectivity index (χ4v) is 4.63. The van der Waals surface area contributed by atoms with Crippen molar-refractivity contribution in [1.82, 2.24) is 0 Å². The average Bonchev–Trinajstić information content (AvgIpc) is 2.81. The van der Waals surface area contributed by atoms with Gasteiger partial charge >= 0.3 is 0 Å². The Morgan fingerprint density at radius 1 is 1.26 bits per heavy atom. The Kier molecular flexibility index (Phi) is 2.64. The summed E-state index contributed by atoms with van der Waals surface area (Å²) >= 11 is 0. The zero-order chi connectivity index (χ0) is 13.8. The Balaban J connectivity index is 1.93. The van der Waals surface area contributed by atoms with Gasteiger partial charge in [-0.1, -0.05) is 26.8 Å². The molecule has 1 aromatic carbocycles. The first kappa shape index (κ1) is 12.8. The molecule has 2 saturated carbocycles. The highest BCUT2D eigenvalue weighted by molar-refractivity contribution is 5.63. The summed E-state index contributed by atoms with van der Waals surface area (Å²) in [6, 6.07) is 6.75. The van der Waals surface area contributed by atoms with Gasteiger partial charge in [-0.3, -0.25) is 0 Å². The van der Waals surface area contributed by atoms with Crippen molar-refractivity contribution in [3.05, 3.63) is 23.8 Å². The lowest BCUT2D eigenvalue weighted by molar-refractivity contribution is 0.155. The maximum Gasteiger partial charge on any atom is 0.0393 e. The van der Waals surface area contributed by atoms with E-state index in [0.717, 1.165) is 11.6 Å². The number of rotatable bonds is 2. The summed E-state index contributed by atoms with van der Waals surface area (Å²) in [4.78, 5) is 0. The molecule has 3 rings (SSSR count). The summed E-state index contributed by atoms with van der Waals surface area (Å²) in [5.41, 5.74) is 10.1. The number of nitrogen functional groups attached to an aromatic ring is 1. The fourth-order valence-electron chi connectivity index (χ4n) is 4.63. The molecule has 2 fully saturated rings. The molecule has 2 bridgehead atoms. The molecular formula is C17H26N2. The molecular weight excluding hydrogens is 232 g/mol. The lowest BCUT2D eigenvalue weighted by Crippen LogP contribution is -2.45. The van der Waals surface area contributed by atoms with E-state index in [1.165, 1.54) is 30.5 Å². The maximum atomic E-state index is 6.03. The van der Waals surface area contributed by atoms with Gasteiger partial charge < -0.3 is 11.1 Å². The topological polar surface area (TPSA) is 38.0 Å². The second-order valence-electron chi connectivity index (χ2n) is 7.51. The molecule has 3 N–H and O–H groups in total. The highest BCUT2D eigenvalue weighted by Crippen LogP contribution is 2.63. The lowest BCUT2D eigenvalue weighted by atomic mass is 9.68. The molecule has 3 unspecified atom stereocenters. The summed E-state index contributed by atoms with van der Waals surface area (Å²) in [6.07, 6.45) is 4.14. The van der Waals surface area contributed by atoms with Crippen LogP contribution in [0.15, 0.2) is 18.2 Å². The van der Waals surface area contributed by atoms with Gasteiger partial charge in [0.25, 0.3) is 0 Å². The zero-order valence-electron chi connectivity index (χ0n) is 12.6. The fraction of sp³-hybridized carbons (Fsp3) is 0.647. The van der Waals surface area contributed by atoms with E-state index in [-0.39, 0.29) is 0 Å². The van der Waals surface area contributed by atoms with E-state index in [0.29, 0.717) is 16.9 Å². The van der Waals surface area contributed by atoms with Crippen molar-refractivity contribution in [3.63, 3.8) is 0 Å². The lowest BCUT2D eigenvalue weighted by Gasteiger charge is -2.44. The molecule has 0 aliphatic heterocycles. The largest absolute Gasteiger partial charge is 0.398 e. The minimum atomic E-state index is 0.379. The van der Waals surface area contributed by atoms with E-state index in [1.54, 1.807) is 0 Å². The number of benzene rings is 1. The van der Waals surface area contributed by atoms with Crippen LogP contribution in [-0.4, -0.2) is 6.04 Å². The molecule has 0 amide bonds. The molecule has 3 atom stereocenters. The average molecular weight is 258 g/mol. The normalized spacial score (nSPS) is 35.6. The number of fused-ring (bicyclic) bond motifs is 2. The number of hydrogen-bond donors (Lipinski definition) is 2. The van der Waals surface area contributed by atoms with Crippen LogP contribution in [-0.2, 0) is 0 Å². The molecule has 0 spiro atoms. The second-order valence-corrected chi connectivity index (χ2v) is 7.51. The Labute approximate surface area is 116 Å². The van der Waals surface area contributed by atoms with E-state index < -0.39 is 0 Å². The molecule has 2 aliphatic carbocycles. The van der Waals surface area contributed by atoms with Gasteiger partial charge in [0.2, 0.25) is 0 Å². The smallest absolute Gasteiger partial charge is 0.0393 e. The molecule has 0 aromatic heterocycles. The van der Waals surface area contributed by atoms with Gasteiger partial charge in [0.1, 0.15) is 0 Å². The van der Waals surface area contributed by atoms with Crippen molar-refractivity contribution in [3.8, 4) is 0 Å². The Morgan fingerprint density at radius 3 is 2.63 bits per heavy atom. The third kappa shape index (κ3) is 1.76. The van der Waals surface area contributed by atoms with Crippen LogP contribution in [0.5, 0.6) is 0 Å². The highest BCUT2D eigenvalue weighted by atomic mass is 15.0. The highest BCUT2D eigenvalue weighted by Gasteiger charge is 2.59. The van der Waals surface area contributed by atoms with Crippen LogP contribution in [0.1, 0.15) is 45.6 Å². The van der Waals surface area contributed by atoms with Gasteiger partial charge in [-0.15, -0.1) is 0 Å². The third-order valence-electron chi connectivity index (χ3n) is 5.95. The maximum absolute atomic E-state index is 6.03. The summed E-state index contributed by atoms with van der Waals surface area (Å²) in [5.74, 6) is 0.872. The molecule has 104 valence electrons. The van der Waals surface area contributed by atoms with E-state index in [9.17, 15) is 0 Å². The number of nitrogens with one attached hydrogen (secondary N) is 1. The van der Waals surface area contributed by atoms with E-state index in [4.69, 9.17) is 5.73 Å². The van der Waals surface area contributed by atoms with Crippen LogP contribution < -0.4 is 11.1 Å². The van der Waals surface area contributed by atoms with Gasteiger partial charge in [0, 0.05) is 17.4 Å². The van der Waals surface area contributed by atoms with Gasteiger partial charge in [-0.2, -0.15) is 0 Å². The van der Waals surface area contributed by atoms with Crippen LogP contribution in [0.25, 0.3) is 0 Å². The minimum absolute atomic E-state index is 0.379. The van der Waals surface area contributed by atoms with Gasteiger partial charge in [-0.25, -0.2) is 0 Å². The van der Waals surface area contributed by atoms with Crippen LogP contribution in [0.4, 0.5) is 11.4 Å². The van der Waals surface area contributed by atoms with Crippen LogP contribution in [0, 0.1) is 23.7 Å². The Bertz CT molecular complexity index is 501. The van der Waals surface area contributed by atoms with Gasteiger partial charge in [0.05, 0.1) is 0 Å². The number of anilines is 2. The predicted molar refractivity (Wildman–Crippen MR) is 82.2 cm³/mol. The monoisotopic (exact) mass is 258 g/mol. The first-order chi connectivity index (χ1) is 8.84. The Morgan fingerprint density at radius 2 is 2.00 bits per heavy atom. The third-order valence-corrected chi connectivity index (χ3v) is 5.95. The van der Waals surface area contributed by atoms with Crippen molar-refractivity contribution in [2.75, 3.05) is 11.1 Å². The minimum Gasteiger partial charge on any atom is -0.398 e. The van der Waals surface area contributed by atoms with Crippen molar-refractivity contribution in [2.24, 2.45) is 16.7 Å². The summed E-state index contributed by atoms with van der Waals surface area (Å²) < 4.78 is 0. The van der Waals surface area contributed by atoms with E-state index in [1.807, 2.05) is 12.1 Å². The van der Waals surface area contributed by atoms with E-state index in [2.05, 4.69) is 39.1 Å². The summed E-state index contributed by atoms with van der Waals surface area (Å²) in [5, 5.41) is 3.83. The molecule has 2 heteroatoms.